The smallest absolute Gasteiger partial charge is 0.159 e. The Kier molecular flexibility index (Phi) is 8.36. The third-order valence-electron chi connectivity index (χ3n) is 5.16. The Morgan fingerprint density at radius 1 is 1.34 bits per heavy atom. The molecule has 1 aromatic carbocycles. The number of hydrogen-bond donors (Lipinski definition) is 1. The summed E-state index contributed by atoms with van der Waals surface area (Å²) < 4.78 is 13.6. The van der Waals surface area contributed by atoms with Crippen molar-refractivity contribution in [3.05, 3.63) is 53.4 Å². The lowest BCUT2D eigenvalue weighted by atomic mass is 10.1. The monoisotopic (exact) mass is 449 g/mol. The van der Waals surface area contributed by atoms with Crippen molar-refractivity contribution in [2.45, 2.75) is 42.4 Å². The first-order valence-corrected chi connectivity index (χ1v) is 11.7. The molecule has 2 aromatic rings. The molecule has 2 N–H and O–H groups in total. The predicted molar refractivity (Wildman–Crippen MR) is 127 cm³/mol. The maximum Gasteiger partial charge on any atom is 0.159 e. The fourth-order valence-corrected chi connectivity index (χ4v) is 4.64. The second kappa shape index (κ2) is 11.4. The van der Waals surface area contributed by atoms with E-state index in [0.29, 0.717) is 45.5 Å². The maximum absolute atomic E-state index is 13.6. The van der Waals surface area contributed by atoms with Crippen molar-refractivity contribution < 1.29 is 4.21 Å². The highest BCUT2D eigenvalue weighted by Gasteiger charge is 2.19. The van der Waals surface area contributed by atoms with Gasteiger partial charge in [0.05, 0.1) is 38.4 Å². The summed E-state index contributed by atoms with van der Waals surface area (Å²) in [6.07, 6.45) is 7.30. The highest BCUT2D eigenvalue weighted by atomic mass is 32.2. The third-order valence-corrected chi connectivity index (χ3v) is 6.55. The summed E-state index contributed by atoms with van der Waals surface area (Å²) in [6.45, 7) is 7.89. The molecule has 2 heterocycles. The number of nitrogens with two attached hydrogens (primary N) is 1. The minimum absolute atomic E-state index is 0.326. The number of nitriles is 1. The van der Waals surface area contributed by atoms with Crippen molar-refractivity contribution in [3.63, 3.8) is 0 Å². The summed E-state index contributed by atoms with van der Waals surface area (Å²) in [4.78, 5) is 11.6. The number of rotatable bonds is 7. The van der Waals surface area contributed by atoms with Gasteiger partial charge in [-0.15, -0.1) is 5.10 Å². The topological polar surface area (TPSA) is 121 Å². The third kappa shape index (κ3) is 5.72. The standard InChI is InChI=1S/C23H27N7OS/c1-17(8-9-24)15-27-23(26-2)20-7-6-18(14-25)12-21(20)32(31)19-13-22(29-28-16-19)30-10-4-3-5-11-30/h6-7,12-13,15-16H,2-5,8-11,24H2,1H3/b17-15+,27-23?. The molecule has 0 spiro atoms. The van der Waals surface area contributed by atoms with Gasteiger partial charge in [0.2, 0.25) is 0 Å². The molecule has 0 amide bonds. The van der Waals surface area contributed by atoms with Crippen molar-refractivity contribution in [1.82, 2.24) is 10.2 Å². The van der Waals surface area contributed by atoms with E-state index >= 15 is 0 Å². The molecule has 0 radical (unpaired) electrons. The van der Waals surface area contributed by atoms with E-state index in [1.807, 2.05) is 6.92 Å². The number of aliphatic imine (C=N–C) groups is 2. The molecule has 1 aromatic heterocycles. The van der Waals surface area contributed by atoms with Crippen molar-refractivity contribution in [1.29, 1.82) is 5.26 Å². The Labute approximate surface area is 191 Å². The SMILES string of the molecule is C=NC(=N/C=C(\C)CCN)c1ccc(C#N)cc1S(=O)c1cnnc(N2CCCCC2)c1. The molecule has 0 aliphatic carbocycles. The van der Waals surface area contributed by atoms with Crippen LogP contribution in [-0.4, -0.2) is 46.6 Å². The molecule has 1 saturated heterocycles. The van der Waals surface area contributed by atoms with Gasteiger partial charge in [0.25, 0.3) is 0 Å². The molecule has 0 bridgehead atoms. The molecular weight excluding hydrogens is 422 g/mol. The van der Waals surface area contributed by atoms with Gasteiger partial charge in [0.1, 0.15) is 0 Å². The van der Waals surface area contributed by atoms with Crippen LogP contribution in [0.2, 0.25) is 0 Å². The zero-order chi connectivity index (χ0) is 22.9. The van der Waals surface area contributed by atoms with Crippen LogP contribution in [-0.2, 0) is 10.8 Å². The molecule has 1 aliphatic heterocycles. The number of aromatic nitrogens is 2. The lowest BCUT2D eigenvalue weighted by molar-refractivity contribution is 0.570. The minimum atomic E-state index is -1.61. The highest BCUT2D eigenvalue weighted by Crippen LogP contribution is 2.25. The van der Waals surface area contributed by atoms with Crippen LogP contribution in [0.1, 0.15) is 43.7 Å². The summed E-state index contributed by atoms with van der Waals surface area (Å²) in [5.74, 6) is 1.04. The van der Waals surface area contributed by atoms with E-state index in [4.69, 9.17) is 5.73 Å². The number of benzene rings is 1. The molecule has 9 heteroatoms. The maximum atomic E-state index is 13.6. The van der Waals surface area contributed by atoms with Gasteiger partial charge in [0, 0.05) is 30.9 Å². The van der Waals surface area contributed by atoms with Crippen LogP contribution >= 0.6 is 0 Å². The lowest BCUT2D eigenvalue weighted by Gasteiger charge is -2.27. The van der Waals surface area contributed by atoms with E-state index in [0.717, 1.165) is 31.5 Å². The fourth-order valence-electron chi connectivity index (χ4n) is 3.43. The minimum Gasteiger partial charge on any atom is -0.355 e. The number of piperidine rings is 1. The molecule has 0 saturated carbocycles. The second-order valence-electron chi connectivity index (χ2n) is 7.51. The molecular formula is C23H27N7OS. The molecule has 1 fully saturated rings. The zero-order valence-corrected chi connectivity index (χ0v) is 19.0. The summed E-state index contributed by atoms with van der Waals surface area (Å²) in [7, 11) is -1.61. The largest absolute Gasteiger partial charge is 0.355 e. The van der Waals surface area contributed by atoms with Crippen molar-refractivity contribution in [2.75, 3.05) is 24.5 Å². The van der Waals surface area contributed by atoms with Crippen LogP contribution in [0.3, 0.4) is 0 Å². The van der Waals surface area contributed by atoms with Crippen LogP contribution < -0.4 is 10.6 Å². The van der Waals surface area contributed by atoms with E-state index in [1.165, 1.54) is 12.6 Å². The van der Waals surface area contributed by atoms with Gasteiger partial charge in [-0.3, -0.25) is 0 Å². The van der Waals surface area contributed by atoms with Gasteiger partial charge in [-0.1, -0.05) is 5.57 Å². The van der Waals surface area contributed by atoms with Gasteiger partial charge in [-0.2, -0.15) is 10.4 Å². The Morgan fingerprint density at radius 3 is 2.81 bits per heavy atom. The second-order valence-corrected chi connectivity index (χ2v) is 8.96. The van der Waals surface area contributed by atoms with E-state index in [1.54, 1.807) is 30.5 Å². The van der Waals surface area contributed by atoms with Crippen molar-refractivity contribution in [2.24, 2.45) is 15.7 Å². The van der Waals surface area contributed by atoms with E-state index < -0.39 is 10.8 Å². The van der Waals surface area contributed by atoms with Crippen LogP contribution in [0.15, 0.2) is 62.0 Å². The van der Waals surface area contributed by atoms with Crippen LogP contribution in [0.4, 0.5) is 5.82 Å². The van der Waals surface area contributed by atoms with Gasteiger partial charge in [-0.25, -0.2) is 14.2 Å². The zero-order valence-electron chi connectivity index (χ0n) is 18.2. The molecule has 166 valence electrons. The number of anilines is 1. The van der Waals surface area contributed by atoms with Crippen LogP contribution in [0.5, 0.6) is 0 Å². The van der Waals surface area contributed by atoms with Crippen LogP contribution in [0.25, 0.3) is 0 Å². The van der Waals surface area contributed by atoms with Gasteiger partial charge in [0.15, 0.2) is 11.7 Å². The molecule has 32 heavy (non-hydrogen) atoms. The number of hydrogen-bond acceptors (Lipinski definition) is 7. The average molecular weight is 450 g/mol. The van der Waals surface area contributed by atoms with E-state index in [2.05, 4.69) is 37.9 Å². The number of nitrogens with zero attached hydrogens (tertiary/aromatic N) is 6. The lowest BCUT2D eigenvalue weighted by Crippen LogP contribution is -2.30. The highest BCUT2D eigenvalue weighted by molar-refractivity contribution is 7.85. The molecule has 8 nitrogen and oxygen atoms in total. The predicted octanol–water partition coefficient (Wildman–Crippen LogP) is 3.21. The van der Waals surface area contributed by atoms with Crippen molar-refractivity contribution >= 4 is 29.2 Å². The Balaban J connectivity index is 2.02. The fraction of sp³-hybridized carbons (Fsp3) is 0.348. The first-order valence-electron chi connectivity index (χ1n) is 10.5. The summed E-state index contributed by atoms with van der Waals surface area (Å²) >= 11 is 0. The van der Waals surface area contributed by atoms with E-state index in [9.17, 15) is 9.47 Å². The molecule has 1 aliphatic rings. The molecule has 1 atom stereocenters. The molecule has 3 rings (SSSR count). The molecule has 1 unspecified atom stereocenters. The first kappa shape index (κ1) is 23.4. The summed E-state index contributed by atoms with van der Waals surface area (Å²) in [5.41, 5.74) is 7.53. The Bertz CT molecular complexity index is 1100. The van der Waals surface area contributed by atoms with E-state index in [-0.39, 0.29) is 0 Å². The summed E-state index contributed by atoms with van der Waals surface area (Å²) in [5, 5.41) is 17.7. The van der Waals surface area contributed by atoms with Gasteiger partial charge in [-0.05, 0) is 64.1 Å². The Hall–Kier alpha value is -3.22. The van der Waals surface area contributed by atoms with Gasteiger partial charge >= 0.3 is 0 Å². The van der Waals surface area contributed by atoms with Gasteiger partial charge < -0.3 is 10.6 Å². The average Bonchev–Trinajstić information content (AvgIpc) is 2.85. The Morgan fingerprint density at radius 2 is 2.12 bits per heavy atom. The van der Waals surface area contributed by atoms with Crippen LogP contribution in [0, 0.1) is 11.3 Å². The van der Waals surface area contributed by atoms with Crippen molar-refractivity contribution in [3.8, 4) is 6.07 Å². The quantitative estimate of drug-likeness (QED) is 0.512. The number of amidine groups is 1. The first-order chi connectivity index (χ1) is 15.6. The summed E-state index contributed by atoms with van der Waals surface area (Å²) in [6, 6.07) is 8.86. The normalized spacial score (nSPS) is 15.8.